The van der Waals surface area contributed by atoms with E-state index in [1.54, 1.807) is 0 Å². The highest BCUT2D eigenvalue weighted by atomic mass is 79.9. The standard InChI is InChI=1S/C16H13BrN4/c1-20-14-8-4-2-6-11(14)12(16(20)17)10-21-15-9-5-3-7-13(15)18-19-21/h2-9H,10H2,1H3. The van der Waals surface area contributed by atoms with Crippen molar-refractivity contribution in [2.75, 3.05) is 0 Å². The SMILES string of the molecule is Cn1c(Br)c(Cn2nnc3ccccc32)c2ccccc21. The minimum absolute atomic E-state index is 0.697. The van der Waals surface area contributed by atoms with Gasteiger partial charge in [-0.3, -0.25) is 0 Å². The molecule has 2 aromatic heterocycles. The third kappa shape index (κ3) is 1.88. The van der Waals surface area contributed by atoms with E-state index in [0.29, 0.717) is 6.54 Å². The van der Waals surface area contributed by atoms with E-state index in [1.807, 2.05) is 28.9 Å². The largest absolute Gasteiger partial charge is 0.338 e. The maximum absolute atomic E-state index is 4.28. The first-order valence-electron chi connectivity index (χ1n) is 6.76. The Kier molecular flexibility index (Phi) is 2.82. The van der Waals surface area contributed by atoms with Gasteiger partial charge in [-0.15, -0.1) is 5.10 Å². The molecule has 0 aliphatic heterocycles. The van der Waals surface area contributed by atoms with E-state index in [0.717, 1.165) is 15.6 Å². The predicted octanol–water partition coefficient (Wildman–Crippen LogP) is 3.73. The third-order valence-electron chi connectivity index (χ3n) is 3.86. The van der Waals surface area contributed by atoms with Gasteiger partial charge in [0.05, 0.1) is 16.7 Å². The molecule has 0 fully saturated rings. The first kappa shape index (κ1) is 12.6. The van der Waals surface area contributed by atoms with Crippen molar-refractivity contribution in [3.05, 3.63) is 58.7 Å². The quantitative estimate of drug-likeness (QED) is 0.557. The number of aromatic nitrogens is 4. The number of para-hydroxylation sites is 2. The van der Waals surface area contributed by atoms with E-state index in [1.165, 1.54) is 16.5 Å². The summed E-state index contributed by atoms with van der Waals surface area (Å²) in [4.78, 5) is 0. The lowest BCUT2D eigenvalue weighted by Gasteiger charge is -2.03. The molecule has 2 aromatic carbocycles. The summed E-state index contributed by atoms with van der Waals surface area (Å²) in [6, 6.07) is 16.4. The highest BCUT2D eigenvalue weighted by Crippen LogP contribution is 2.30. The summed E-state index contributed by atoms with van der Waals surface area (Å²) in [5.41, 5.74) is 4.42. The minimum Gasteiger partial charge on any atom is -0.338 e. The molecule has 0 atom stereocenters. The van der Waals surface area contributed by atoms with Crippen molar-refractivity contribution in [2.45, 2.75) is 6.54 Å². The average Bonchev–Trinajstić information content (AvgIpc) is 3.04. The van der Waals surface area contributed by atoms with Gasteiger partial charge in [-0.25, -0.2) is 4.68 Å². The molecule has 5 heteroatoms. The molecular formula is C16H13BrN4. The highest BCUT2D eigenvalue weighted by Gasteiger charge is 2.14. The number of fused-ring (bicyclic) bond motifs is 2. The molecule has 0 saturated heterocycles. The van der Waals surface area contributed by atoms with Gasteiger partial charge in [0.2, 0.25) is 0 Å². The van der Waals surface area contributed by atoms with Gasteiger partial charge in [-0.05, 0) is 34.1 Å². The van der Waals surface area contributed by atoms with Crippen LogP contribution >= 0.6 is 15.9 Å². The van der Waals surface area contributed by atoms with Crippen molar-refractivity contribution < 1.29 is 0 Å². The van der Waals surface area contributed by atoms with Crippen LogP contribution in [-0.2, 0) is 13.6 Å². The Hall–Kier alpha value is -2.14. The summed E-state index contributed by atoms with van der Waals surface area (Å²) in [5.74, 6) is 0. The van der Waals surface area contributed by atoms with Gasteiger partial charge in [-0.1, -0.05) is 35.5 Å². The van der Waals surface area contributed by atoms with E-state index in [9.17, 15) is 0 Å². The zero-order valence-corrected chi connectivity index (χ0v) is 13.1. The number of aryl methyl sites for hydroxylation is 1. The van der Waals surface area contributed by atoms with Gasteiger partial charge in [0.1, 0.15) is 5.52 Å². The molecule has 0 aliphatic rings. The maximum Gasteiger partial charge on any atom is 0.113 e. The third-order valence-corrected chi connectivity index (χ3v) is 4.87. The average molecular weight is 341 g/mol. The van der Waals surface area contributed by atoms with Crippen LogP contribution < -0.4 is 0 Å². The second kappa shape index (κ2) is 4.70. The molecular weight excluding hydrogens is 328 g/mol. The fraction of sp³-hybridized carbons (Fsp3) is 0.125. The Morgan fingerprint density at radius 2 is 1.71 bits per heavy atom. The lowest BCUT2D eigenvalue weighted by Crippen LogP contribution is -2.02. The van der Waals surface area contributed by atoms with E-state index >= 15 is 0 Å². The van der Waals surface area contributed by atoms with Crippen LogP contribution in [0.3, 0.4) is 0 Å². The summed E-state index contributed by atoms with van der Waals surface area (Å²) < 4.78 is 5.19. The zero-order chi connectivity index (χ0) is 14.4. The lowest BCUT2D eigenvalue weighted by atomic mass is 10.2. The van der Waals surface area contributed by atoms with Crippen molar-refractivity contribution >= 4 is 37.9 Å². The molecule has 2 heterocycles. The van der Waals surface area contributed by atoms with Gasteiger partial charge < -0.3 is 4.57 Å². The first-order chi connectivity index (χ1) is 10.3. The van der Waals surface area contributed by atoms with Gasteiger partial charge in [-0.2, -0.15) is 0 Å². The first-order valence-corrected chi connectivity index (χ1v) is 7.55. The number of halogens is 1. The molecule has 4 aromatic rings. The Morgan fingerprint density at radius 3 is 2.57 bits per heavy atom. The van der Waals surface area contributed by atoms with E-state index in [2.05, 4.69) is 62.1 Å². The topological polar surface area (TPSA) is 35.6 Å². The van der Waals surface area contributed by atoms with Crippen molar-refractivity contribution in [1.29, 1.82) is 0 Å². The summed E-state index contributed by atoms with van der Waals surface area (Å²) in [5, 5.41) is 9.75. The summed E-state index contributed by atoms with van der Waals surface area (Å²) in [6.45, 7) is 0.697. The summed E-state index contributed by atoms with van der Waals surface area (Å²) >= 11 is 3.70. The molecule has 0 unspecified atom stereocenters. The van der Waals surface area contributed by atoms with Crippen LogP contribution in [0.2, 0.25) is 0 Å². The highest BCUT2D eigenvalue weighted by molar-refractivity contribution is 9.10. The number of hydrogen-bond acceptors (Lipinski definition) is 2. The molecule has 4 nitrogen and oxygen atoms in total. The molecule has 0 bridgehead atoms. The molecule has 4 rings (SSSR count). The van der Waals surface area contributed by atoms with E-state index in [-0.39, 0.29) is 0 Å². The van der Waals surface area contributed by atoms with Crippen molar-refractivity contribution in [1.82, 2.24) is 19.6 Å². The maximum atomic E-state index is 4.28. The summed E-state index contributed by atoms with van der Waals surface area (Å²) in [6.07, 6.45) is 0. The lowest BCUT2D eigenvalue weighted by molar-refractivity contribution is 0.668. The van der Waals surface area contributed by atoms with Gasteiger partial charge in [0.15, 0.2) is 0 Å². The molecule has 0 aliphatic carbocycles. The zero-order valence-electron chi connectivity index (χ0n) is 11.5. The van der Waals surface area contributed by atoms with Gasteiger partial charge in [0, 0.05) is 23.5 Å². The molecule has 104 valence electrons. The van der Waals surface area contributed by atoms with E-state index in [4.69, 9.17) is 0 Å². The normalized spacial score (nSPS) is 11.5. The Labute approximate surface area is 130 Å². The molecule has 0 N–H and O–H groups in total. The molecule has 21 heavy (non-hydrogen) atoms. The number of rotatable bonds is 2. The molecule has 0 radical (unpaired) electrons. The Morgan fingerprint density at radius 1 is 1.00 bits per heavy atom. The van der Waals surface area contributed by atoms with Crippen molar-refractivity contribution in [3.63, 3.8) is 0 Å². The minimum atomic E-state index is 0.697. The molecule has 0 saturated carbocycles. The van der Waals surface area contributed by atoms with Crippen LogP contribution in [-0.4, -0.2) is 19.6 Å². The van der Waals surface area contributed by atoms with Crippen LogP contribution in [0.4, 0.5) is 0 Å². The fourth-order valence-corrected chi connectivity index (χ4v) is 3.30. The smallest absolute Gasteiger partial charge is 0.113 e. The van der Waals surface area contributed by atoms with Crippen LogP contribution in [0.25, 0.3) is 21.9 Å². The van der Waals surface area contributed by atoms with Gasteiger partial charge in [0.25, 0.3) is 0 Å². The van der Waals surface area contributed by atoms with Crippen LogP contribution in [0, 0.1) is 0 Å². The predicted molar refractivity (Wildman–Crippen MR) is 87.2 cm³/mol. The molecule has 0 amide bonds. The van der Waals surface area contributed by atoms with Gasteiger partial charge >= 0.3 is 0 Å². The van der Waals surface area contributed by atoms with E-state index < -0.39 is 0 Å². The number of benzene rings is 2. The van der Waals surface area contributed by atoms with Crippen molar-refractivity contribution in [3.8, 4) is 0 Å². The van der Waals surface area contributed by atoms with Crippen LogP contribution in [0.15, 0.2) is 53.1 Å². The monoisotopic (exact) mass is 340 g/mol. The van der Waals surface area contributed by atoms with Crippen molar-refractivity contribution in [2.24, 2.45) is 7.05 Å². The number of hydrogen-bond donors (Lipinski definition) is 0. The Bertz CT molecular complexity index is 951. The number of nitrogens with zero attached hydrogens (tertiary/aromatic N) is 4. The second-order valence-electron chi connectivity index (χ2n) is 5.08. The fourth-order valence-electron chi connectivity index (χ4n) is 2.77. The summed E-state index contributed by atoms with van der Waals surface area (Å²) in [7, 11) is 2.06. The van der Waals surface area contributed by atoms with Crippen LogP contribution in [0.5, 0.6) is 0 Å². The second-order valence-corrected chi connectivity index (χ2v) is 5.83. The van der Waals surface area contributed by atoms with Crippen LogP contribution in [0.1, 0.15) is 5.56 Å². The Balaban J connectivity index is 1.90. The molecule has 0 spiro atoms.